The summed E-state index contributed by atoms with van der Waals surface area (Å²) in [6.07, 6.45) is -0.498. The van der Waals surface area contributed by atoms with Gasteiger partial charge in [-0.15, -0.1) is 0 Å². The molecule has 1 atom stereocenters. The van der Waals surface area contributed by atoms with Crippen LogP contribution in [-0.2, 0) is 16.0 Å². The van der Waals surface area contributed by atoms with Gasteiger partial charge in [-0.05, 0) is 78.4 Å². The Morgan fingerprint density at radius 1 is 0.909 bits per heavy atom. The summed E-state index contributed by atoms with van der Waals surface area (Å²) in [7, 11) is 0. The number of carboxylic acids is 1. The molecule has 0 fully saturated rings. The molecule has 3 aromatic carbocycles. The van der Waals surface area contributed by atoms with Crippen LogP contribution in [-0.4, -0.2) is 30.4 Å². The second-order valence-corrected chi connectivity index (χ2v) is 8.82. The van der Waals surface area contributed by atoms with Crippen molar-refractivity contribution in [3.63, 3.8) is 0 Å². The fourth-order valence-electron chi connectivity index (χ4n) is 3.46. The number of aliphatic carboxylic acids is 1. The van der Waals surface area contributed by atoms with Gasteiger partial charge < -0.3 is 14.6 Å². The first-order valence-corrected chi connectivity index (χ1v) is 11.8. The first-order chi connectivity index (χ1) is 15.9. The van der Waals surface area contributed by atoms with E-state index in [1.165, 1.54) is 22.3 Å². The second-order valence-electron chi connectivity index (χ2n) is 7.91. The van der Waals surface area contributed by atoms with Crippen molar-refractivity contribution in [2.75, 3.05) is 13.2 Å². The van der Waals surface area contributed by atoms with Crippen molar-refractivity contribution < 1.29 is 19.4 Å². The molecule has 0 aromatic heterocycles. The highest BCUT2D eigenvalue weighted by molar-refractivity contribution is 9.10. The largest absolute Gasteiger partial charge is 0.489 e. The molecule has 33 heavy (non-hydrogen) atoms. The fourth-order valence-corrected chi connectivity index (χ4v) is 3.72. The van der Waals surface area contributed by atoms with E-state index >= 15 is 0 Å². The summed E-state index contributed by atoms with van der Waals surface area (Å²) in [6, 6.07) is 24.4. The molecule has 0 heterocycles. The van der Waals surface area contributed by atoms with Crippen molar-refractivity contribution in [3.05, 3.63) is 94.0 Å². The van der Waals surface area contributed by atoms with Crippen molar-refractivity contribution in [2.45, 2.75) is 33.3 Å². The van der Waals surface area contributed by atoms with Crippen LogP contribution in [0.25, 0.3) is 16.7 Å². The van der Waals surface area contributed by atoms with Crippen LogP contribution in [0.5, 0.6) is 5.75 Å². The molecule has 0 aliphatic carbocycles. The predicted molar refractivity (Wildman–Crippen MR) is 137 cm³/mol. The predicted octanol–water partition coefficient (Wildman–Crippen LogP) is 7.02. The van der Waals surface area contributed by atoms with E-state index in [-0.39, 0.29) is 0 Å². The minimum atomic E-state index is -0.946. The lowest BCUT2D eigenvalue weighted by Crippen LogP contribution is -2.26. The molecular weight excluding hydrogens is 480 g/mol. The number of carbonyl (C=O) groups is 1. The normalized spacial score (nSPS) is 12.7. The van der Waals surface area contributed by atoms with Crippen LogP contribution in [0.15, 0.2) is 82.8 Å². The van der Waals surface area contributed by atoms with Crippen LogP contribution in [0.1, 0.15) is 31.9 Å². The molecule has 0 aliphatic heterocycles. The van der Waals surface area contributed by atoms with Gasteiger partial charge in [0.2, 0.25) is 0 Å². The molecule has 172 valence electrons. The molecule has 4 nitrogen and oxygen atoms in total. The highest BCUT2D eigenvalue weighted by Crippen LogP contribution is 2.25. The number of ether oxygens (including phenoxy) is 2. The minimum absolute atomic E-state index is 0.331. The molecule has 0 radical (unpaired) electrons. The van der Waals surface area contributed by atoms with E-state index in [2.05, 4.69) is 66.2 Å². The maximum absolute atomic E-state index is 11.3. The first kappa shape index (κ1) is 24.7. The summed E-state index contributed by atoms with van der Waals surface area (Å²) in [6.45, 7) is 6.83. The monoisotopic (exact) mass is 508 g/mol. The molecule has 0 spiro atoms. The molecule has 1 unspecified atom stereocenters. The number of halogens is 1. The average Bonchev–Trinajstić information content (AvgIpc) is 2.83. The van der Waals surface area contributed by atoms with E-state index in [0.29, 0.717) is 19.6 Å². The molecule has 1 N–H and O–H groups in total. The molecule has 5 heteroatoms. The SMILES string of the molecule is CCOC(Cc1ccc(OC/C(C)=C(\C)c2ccc(-c3ccc(Br)cc3)cc2)cc1)C(=O)O. The first-order valence-electron chi connectivity index (χ1n) is 11.0. The van der Waals surface area contributed by atoms with Gasteiger partial charge in [-0.1, -0.05) is 64.5 Å². The van der Waals surface area contributed by atoms with Gasteiger partial charge in [-0.3, -0.25) is 0 Å². The average molecular weight is 509 g/mol. The van der Waals surface area contributed by atoms with Gasteiger partial charge in [-0.25, -0.2) is 4.79 Å². The zero-order chi connectivity index (χ0) is 23.8. The van der Waals surface area contributed by atoms with Crippen molar-refractivity contribution in [1.29, 1.82) is 0 Å². The number of carboxylic acid groups (broad SMARTS) is 1. The number of hydrogen-bond donors (Lipinski definition) is 1. The van der Waals surface area contributed by atoms with Crippen molar-refractivity contribution >= 4 is 27.5 Å². The summed E-state index contributed by atoms with van der Waals surface area (Å²) in [4.78, 5) is 11.3. The zero-order valence-corrected chi connectivity index (χ0v) is 20.8. The Labute approximate surface area is 204 Å². The van der Waals surface area contributed by atoms with E-state index < -0.39 is 12.1 Å². The maximum atomic E-state index is 11.3. The summed E-state index contributed by atoms with van der Waals surface area (Å²) < 4.78 is 12.3. The number of benzene rings is 3. The van der Waals surface area contributed by atoms with Crippen LogP contribution in [0, 0.1) is 0 Å². The Kier molecular flexibility index (Phi) is 8.87. The Morgan fingerprint density at radius 3 is 2.03 bits per heavy atom. The maximum Gasteiger partial charge on any atom is 0.333 e. The van der Waals surface area contributed by atoms with E-state index in [4.69, 9.17) is 9.47 Å². The second kappa shape index (κ2) is 11.8. The van der Waals surface area contributed by atoms with Crippen LogP contribution >= 0.6 is 15.9 Å². The van der Waals surface area contributed by atoms with Crippen LogP contribution in [0.4, 0.5) is 0 Å². The number of hydrogen-bond acceptors (Lipinski definition) is 3. The van der Waals surface area contributed by atoms with E-state index in [1.807, 2.05) is 36.4 Å². The zero-order valence-electron chi connectivity index (χ0n) is 19.2. The summed E-state index contributed by atoms with van der Waals surface area (Å²) in [5, 5.41) is 9.24. The molecule has 0 saturated heterocycles. The Balaban J connectivity index is 1.60. The lowest BCUT2D eigenvalue weighted by molar-refractivity contribution is -0.149. The van der Waals surface area contributed by atoms with Crippen molar-refractivity contribution in [2.24, 2.45) is 0 Å². The molecular formula is C28H29BrO4. The minimum Gasteiger partial charge on any atom is -0.489 e. The van der Waals surface area contributed by atoms with Crippen LogP contribution < -0.4 is 4.74 Å². The van der Waals surface area contributed by atoms with Crippen LogP contribution in [0.3, 0.4) is 0 Å². The third-order valence-corrected chi connectivity index (χ3v) is 6.11. The molecule has 3 aromatic rings. The quantitative estimate of drug-likeness (QED) is 0.319. The van der Waals surface area contributed by atoms with Gasteiger partial charge in [-0.2, -0.15) is 0 Å². The molecule has 0 aliphatic rings. The van der Waals surface area contributed by atoms with Gasteiger partial charge >= 0.3 is 5.97 Å². The third-order valence-electron chi connectivity index (χ3n) is 5.58. The fraction of sp³-hybridized carbons (Fsp3) is 0.250. The van der Waals surface area contributed by atoms with E-state index in [1.54, 1.807) is 6.92 Å². The standard InChI is InChI=1S/C28H29BrO4/c1-4-32-27(28(30)31)17-21-5-15-26(16-6-21)33-18-19(2)20(3)22-7-9-23(10-8-22)24-11-13-25(29)14-12-24/h5-16,27H,4,17-18H2,1-3H3,(H,30,31)/b20-19+. The van der Waals surface area contributed by atoms with Crippen molar-refractivity contribution in [1.82, 2.24) is 0 Å². The van der Waals surface area contributed by atoms with Gasteiger partial charge in [0.15, 0.2) is 6.10 Å². The molecule has 3 rings (SSSR count). The molecule has 0 bridgehead atoms. The number of allylic oxidation sites excluding steroid dienone is 1. The van der Waals surface area contributed by atoms with E-state index in [9.17, 15) is 9.90 Å². The van der Waals surface area contributed by atoms with E-state index in [0.717, 1.165) is 21.4 Å². The Bertz CT molecular complexity index is 1080. The number of rotatable bonds is 10. The lowest BCUT2D eigenvalue weighted by Gasteiger charge is -2.14. The highest BCUT2D eigenvalue weighted by atomic mass is 79.9. The van der Waals surface area contributed by atoms with Gasteiger partial charge in [0, 0.05) is 17.5 Å². The lowest BCUT2D eigenvalue weighted by atomic mass is 9.99. The molecule has 0 saturated carbocycles. The van der Waals surface area contributed by atoms with Gasteiger partial charge in [0.05, 0.1) is 0 Å². The van der Waals surface area contributed by atoms with Crippen molar-refractivity contribution in [3.8, 4) is 16.9 Å². The Morgan fingerprint density at radius 2 is 1.48 bits per heavy atom. The summed E-state index contributed by atoms with van der Waals surface area (Å²) in [5.74, 6) is -0.196. The summed E-state index contributed by atoms with van der Waals surface area (Å²) >= 11 is 3.48. The smallest absolute Gasteiger partial charge is 0.333 e. The highest BCUT2D eigenvalue weighted by Gasteiger charge is 2.17. The topological polar surface area (TPSA) is 55.8 Å². The van der Waals surface area contributed by atoms with Crippen LogP contribution in [0.2, 0.25) is 0 Å². The third kappa shape index (κ3) is 7.04. The molecule has 0 amide bonds. The summed E-state index contributed by atoms with van der Waals surface area (Å²) in [5.41, 5.74) is 6.78. The Hall–Kier alpha value is -2.89. The van der Waals surface area contributed by atoms with Gasteiger partial charge in [0.25, 0.3) is 0 Å². The van der Waals surface area contributed by atoms with Gasteiger partial charge in [0.1, 0.15) is 12.4 Å².